The number of benzene rings is 2. The van der Waals surface area contributed by atoms with Crippen LogP contribution < -0.4 is 4.90 Å². The minimum absolute atomic E-state index is 0.219. The summed E-state index contributed by atoms with van der Waals surface area (Å²) in [5, 5.41) is 1.60. The van der Waals surface area contributed by atoms with Gasteiger partial charge in [-0.25, -0.2) is 4.79 Å². The van der Waals surface area contributed by atoms with Gasteiger partial charge in [0, 0.05) is 32.8 Å². The van der Waals surface area contributed by atoms with Crippen LogP contribution in [0.4, 0.5) is 5.69 Å². The highest BCUT2D eigenvalue weighted by Gasteiger charge is 2.38. The summed E-state index contributed by atoms with van der Waals surface area (Å²) >= 11 is 18.5. The molecule has 0 N–H and O–H groups in total. The van der Waals surface area contributed by atoms with Gasteiger partial charge in [0.15, 0.2) is 0 Å². The maximum atomic E-state index is 13.5. The fraction of sp³-hybridized carbons (Fsp3) is 0.154. The smallest absolute Gasteiger partial charge is 0.340 e. The second-order valence-electron chi connectivity index (χ2n) is 7.88. The fourth-order valence-corrected chi connectivity index (χ4v) is 4.82. The van der Waals surface area contributed by atoms with Gasteiger partial charge in [0.2, 0.25) is 0 Å². The fourth-order valence-electron chi connectivity index (χ4n) is 4.20. The average Bonchev–Trinajstić information content (AvgIpc) is 3.20. The van der Waals surface area contributed by atoms with Gasteiger partial charge in [-0.05, 0) is 80.9 Å². The third-order valence-corrected chi connectivity index (χ3v) is 6.58. The number of anilines is 1. The van der Waals surface area contributed by atoms with Crippen molar-refractivity contribution in [3.8, 4) is 5.69 Å². The van der Waals surface area contributed by atoms with Crippen LogP contribution >= 0.6 is 34.8 Å². The molecule has 0 spiro atoms. The quantitative estimate of drug-likeness (QED) is 0.280. The third kappa shape index (κ3) is 4.16. The number of halogens is 3. The lowest BCUT2D eigenvalue weighted by Gasteiger charge is -2.17. The molecule has 1 aliphatic rings. The zero-order chi connectivity index (χ0) is 24.7. The highest BCUT2D eigenvalue weighted by atomic mass is 35.5. The predicted molar refractivity (Wildman–Crippen MR) is 137 cm³/mol. The van der Waals surface area contributed by atoms with Crippen LogP contribution in [0.3, 0.4) is 0 Å². The van der Waals surface area contributed by atoms with Crippen LogP contribution in [0.1, 0.15) is 23.9 Å². The number of nitrogens with zero attached hydrogens (tertiary/aromatic N) is 2. The van der Waals surface area contributed by atoms with Crippen LogP contribution in [-0.4, -0.2) is 23.6 Å². The Bertz CT molecular complexity index is 1390. The maximum Gasteiger partial charge on any atom is 0.340 e. The van der Waals surface area contributed by atoms with Crippen LogP contribution in [0.25, 0.3) is 11.8 Å². The van der Waals surface area contributed by atoms with E-state index in [9.17, 15) is 9.59 Å². The summed E-state index contributed by atoms with van der Waals surface area (Å²) in [6.45, 7) is 5.59. The molecule has 3 aromatic rings. The molecular weight excluding hydrogens is 495 g/mol. The number of methoxy groups -OCH3 is 1. The van der Waals surface area contributed by atoms with Gasteiger partial charge in [0.1, 0.15) is 0 Å². The molecule has 0 atom stereocenters. The summed E-state index contributed by atoms with van der Waals surface area (Å²) in [6.07, 6.45) is 1.72. The summed E-state index contributed by atoms with van der Waals surface area (Å²) in [5.74, 6) is -0.905. The monoisotopic (exact) mass is 514 g/mol. The molecule has 1 aromatic heterocycles. The molecule has 0 radical (unpaired) electrons. The van der Waals surface area contributed by atoms with Crippen molar-refractivity contribution >= 4 is 58.4 Å². The lowest BCUT2D eigenvalue weighted by molar-refractivity contribution is -0.136. The molecule has 0 saturated heterocycles. The molecule has 4 rings (SSSR count). The lowest BCUT2D eigenvalue weighted by Crippen LogP contribution is -2.24. The molecule has 0 saturated carbocycles. The topological polar surface area (TPSA) is 51.5 Å². The van der Waals surface area contributed by atoms with Crippen LogP contribution in [0.2, 0.25) is 15.1 Å². The molecular formula is C26H21Cl3N2O3. The molecule has 2 aromatic carbocycles. The second kappa shape index (κ2) is 9.34. The van der Waals surface area contributed by atoms with Crippen LogP contribution in [0.15, 0.2) is 65.4 Å². The van der Waals surface area contributed by atoms with Gasteiger partial charge in [-0.1, -0.05) is 34.8 Å². The SMILES string of the molecule is COC(=O)C1=C(C)N(c2ccc(Cl)cc2)C(=O)/C1=C\c1cc(C)n(-c2ccc(Cl)cc2Cl)c1C. The third-order valence-electron chi connectivity index (χ3n) is 5.80. The first kappa shape index (κ1) is 24.1. The zero-order valence-electron chi connectivity index (χ0n) is 18.9. The number of aromatic nitrogens is 1. The summed E-state index contributed by atoms with van der Waals surface area (Å²) in [5.41, 5.74) is 4.88. The van der Waals surface area contributed by atoms with E-state index in [1.165, 1.54) is 12.0 Å². The normalized spacial score (nSPS) is 15.0. The van der Waals surface area contributed by atoms with E-state index in [4.69, 9.17) is 39.5 Å². The minimum Gasteiger partial charge on any atom is -0.465 e. The molecule has 1 amide bonds. The van der Waals surface area contributed by atoms with Crippen molar-refractivity contribution in [2.75, 3.05) is 12.0 Å². The molecule has 34 heavy (non-hydrogen) atoms. The highest BCUT2D eigenvalue weighted by molar-refractivity contribution is 6.35. The second-order valence-corrected chi connectivity index (χ2v) is 9.16. The minimum atomic E-state index is -0.580. The molecule has 0 aliphatic carbocycles. The first-order valence-corrected chi connectivity index (χ1v) is 11.5. The van der Waals surface area contributed by atoms with Gasteiger partial charge < -0.3 is 9.30 Å². The lowest BCUT2D eigenvalue weighted by atomic mass is 10.0. The van der Waals surface area contributed by atoms with Gasteiger partial charge >= 0.3 is 5.97 Å². The van der Waals surface area contributed by atoms with Crippen LogP contribution in [-0.2, 0) is 14.3 Å². The molecule has 2 heterocycles. The van der Waals surface area contributed by atoms with Crippen molar-refractivity contribution in [2.24, 2.45) is 0 Å². The van der Waals surface area contributed by atoms with E-state index in [1.54, 1.807) is 49.4 Å². The van der Waals surface area contributed by atoms with Gasteiger partial charge in [0.25, 0.3) is 5.91 Å². The molecule has 1 aliphatic heterocycles. The van der Waals surface area contributed by atoms with Crippen LogP contribution in [0, 0.1) is 13.8 Å². The number of carbonyl (C=O) groups is 2. The van der Waals surface area contributed by atoms with Crippen LogP contribution in [0.5, 0.6) is 0 Å². The number of allylic oxidation sites excluding steroid dienone is 1. The first-order valence-electron chi connectivity index (χ1n) is 10.4. The Kier molecular flexibility index (Phi) is 6.63. The van der Waals surface area contributed by atoms with Crippen molar-refractivity contribution < 1.29 is 14.3 Å². The Morgan fingerprint density at radius 2 is 1.59 bits per heavy atom. The zero-order valence-corrected chi connectivity index (χ0v) is 21.2. The maximum absolute atomic E-state index is 13.5. The van der Waals surface area contributed by atoms with Crippen molar-refractivity contribution in [1.82, 2.24) is 4.57 Å². The van der Waals surface area contributed by atoms with Gasteiger partial charge in [-0.15, -0.1) is 0 Å². The van der Waals surface area contributed by atoms with Gasteiger partial charge in [-0.3, -0.25) is 9.69 Å². The number of ether oxygens (including phenoxy) is 1. The summed E-state index contributed by atoms with van der Waals surface area (Å²) in [7, 11) is 1.30. The predicted octanol–water partition coefficient (Wildman–Crippen LogP) is 6.93. The highest BCUT2D eigenvalue weighted by Crippen LogP contribution is 2.37. The van der Waals surface area contributed by atoms with Gasteiger partial charge in [0.05, 0.1) is 29.0 Å². The number of esters is 1. The molecule has 174 valence electrons. The molecule has 0 bridgehead atoms. The number of hydrogen-bond donors (Lipinski definition) is 0. The van der Waals surface area contributed by atoms with E-state index in [2.05, 4.69) is 0 Å². The van der Waals surface area contributed by atoms with Crippen molar-refractivity contribution in [3.63, 3.8) is 0 Å². The van der Waals surface area contributed by atoms with Crippen molar-refractivity contribution in [3.05, 3.63) is 97.4 Å². The number of amides is 1. The van der Waals surface area contributed by atoms with E-state index >= 15 is 0 Å². The standard InChI is InChI=1S/C26H21Cl3N2O3/c1-14-11-17(15(2)30(14)23-10-7-19(28)13-22(23)29)12-21-24(26(33)34-4)16(3)31(25(21)32)20-8-5-18(27)6-9-20/h5-13H,1-4H3/b21-12-. The number of hydrogen-bond acceptors (Lipinski definition) is 3. The van der Waals surface area contributed by atoms with E-state index in [0.29, 0.717) is 26.5 Å². The van der Waals surface area contributed by atoms with Crippen molar-refractivity contribution in [1.29, 1.82) is 0 Å². The Morgan fingerprint density at radius 3 is 2.21 bits per heavy atom. The van der Waals surface area contributed by atoms with Gasteiger partial charge in [-0.2, -0.15) is 0 Å². The summed E-state index contributed by atoms with van der Waals surface area (Å²) in [6, 6.07) is 14.1. The van der Waals surface area contributed by atoms with E-state index in [1.807, 2.05) is 30.5 Å². The summed E-state index contributed by atoms with van der Waals surface area (Å²) in [4.78, 5) is 27.7. The Labute approximate surface area is 212 Å². The Morgan fingerprint density at radius 1 is 0.941 bits per heavy atom. The largest absolute Gasteiger partial charge is 0.465 e. The molecule has 0 unspecified atom stereocenters. The summed E-state index contributed by atoms with van der Waals surface area (Å²) < 4.78 is 6.99. The van der Waals surface area contributed by atoms with E-state index < -0.39 is 5.97 Å². The van der Waals surface area contributed by atoms with Crippen molar-refractivity contribution in [2.45, 2.75) is 20.8 Å². The Hall–Kier alpha value is -2.99. The van der Waals surface area contributed by atoms with E-state index in [0.717, 1.165) is 22.6 Å². The molecule has 8 heteroatoms. The number of rotatable bonds is 4. The molecule has 0 fully saturated rings. The Balaban J connectivity index is 1.85. The number of carbonyl (C=O) groups excluding carboxylic acids is 2. The molecule has 5 nitrogen and oxygen atoms in total. The van der Waals surface area contributed by atoms with E-state index in [-0.39, 0.29) is 17.1 Å². The first-order chi connectivity index (χ1) is 16.1. The number of aryl methyl sites for hydroxylation is 1. The average molecular weight is 516 g/mol.